The van der Waals surface area contributed by atoms with Crippen LogP contribution in [0.25, 0.3) is 0 Å². The highest BCUT2D eigenvalue weighted by molar-refractivity contribution is 7.94. The van der Waals surface area contributed by atoms with Gasteiger partial charge in [0.15, 0.2) is 5.25 Å². The number of nitrogens with zero attached hydrogens (tertiary/aromatic N) is 1. The Hall–Kier alpha value is -2.22. The summed E-state index contributed by atoms with van der Waals surface area (Å²) in [4.78, 5) is 25.7. The molecule has 0 aliphatic carbocycles. The first-order chi connectivity index (χ1) is 9.44. The molecule has 3 amide bonds. The summed E-state index contributed by atoms with van der Waals surface area (Å²) in [6.07, 6.45) is 1.47. The Morgan fingerprint density at radius 2 is 2.00 bits per heavy atom. The number of benzene rings is 1. The van der Waals surface area contributed by atoms with Crippen molar-refractivity contribution in [2.75, 3.05) is 4.72 Å². The smallest absolute Gasteiger partial charge is 0.282 e. The third-order valence-electron chi connectivity index (χ3n) is 2.80. The number of carbonyl (C=O) groups is 2. The lowest BCUT2D eigenvalue weighted by Gasteiger charge is -2.18. The normalized spacial score (nSPS) is 18.8. The number of aliphatic imine (C=N–C) groups is 1. The Kier molecular flexibility index (Phi) is 3.84. The quantitative estimate of drug-likeness (QED) is 0.852. The van der Waals surface area contributed by atoms with E-state index in [4.69, 9.17) is 0 Å². The highest BCUT2D eigenvalue weighted by Crippen LogP contribution is 2.18. The van der Waals surface area contributed by atoms with Gasteiger partial charge in [0.25, 0.3) is 5.91 Å². The van der Waals surface area contributed by atoms with Gasteiger partial charge in [-0.15, -0.1) is 0 Å². The minimum absolute atomic E-state index is 0.410. The van der Waals surface area contributed by atoms with Crippen LogP contribution in [0.15, 0.2) is 29.3 Å². The molecule has 0 saturated carbocycles. The van der Waals surface area contributed by atoms with Crippen LogP contribution < -0.4 is 10.0 Å². The molecule has 2 rings (SSSR count). The molecule has 1 heterocycles. The number of rotatable bonds is 4. The molecule has 1 aromatic carbocycles. The molecule has 1 unspecified atom stereocenters. The van der Waals surface area contributed by atoms with Crippen LogP contribution in [0, 0.1) is 0 Å². The number of sulfonamides is 1. The molecule has 20 heavy (non-hydrogen) atoms. The summed E-state index contributed by atoms with van der Waals surface area (Å²) < 4.78 is 26.7. The maximum absolute atomic E-state index is 12.2. The number of amides is 3. The van der Waals surface area contributed by atoms with Gasteiger partial charge in [-0.1, -0.05) is 25.1 Å². The zero-order chi connectivity index (χ0) is 14.8. The number of aryl methyl sites for hydroxylation is 1. The van der Waals surface area contributed by atoms with Crippen LogP contribution in [-0.2, 0) is 21.2 Å². The standard InChI is InChI=1S/C12H13N3O4S/c1-2-8-5-3-4-6-9(8)15-20(18,19)10-7-13-12(17)14-11(10)16/h3-7,10,15H,2H2,1H3,(H,14,16,17). The molecule has 1 aromatic rings. The lowest BCUT2D eigenvalue weighted by Crippen LogP contribution is -2.48. The van der Waals surface area contributed by atoms with Gasteiger partial charge in [0.2, 0.25) is 10.0 Å². The van der Waals surface area contributed by atoms with Crippen molar-refractivity contribution in [1.29, 1.82) is 0 Å². The van der Waals surface area contributed by atoms with Gasteiger partial charge in [-0.3, -0.25) is 14.8 Å². The number of nitrogens with one attached hydrogen (secondary N) is 2. The SMILES string of the molecule is CCc1ccccc1NS(=O)(=O)C1C=NC(=O)NC1=O. The number of imide groups is 1. The Morgan fingerprint density at radius 3 is 2.65 bits per heavy atom. The molecule has 2 N–H and O–H groups in total. The van der Waals surface area contributed by atoms with E-state index in [-0.39, 0.29) is 0 Å². The Labute approximate surface area is 116 Å². The molecule has 0 spiro atoms. The highest BCUT2D eigenvalue weighted by atomic mass is 32.2. The molecular weight excluding hydrogens is 282 g/mol. The zero-order valence-electron chi connectivity index (χ0n) is 10.7. The number of para-hydroxylation sites is 1. The topological polar surface area (TPSA) is 105 Å². The molecule has 1 aliphatic heterocycles. The number of carbonyl (C=O) groups excluding carboxylic acids is 2. The molecular formula is C12H13N3O4S. The van der Waals surface area contributed by atoms with Crippen LogP contribution in [0.3, 0.4) is 0 Å². The van der Waals surface area contributed by atoms with Gasteiger partial charge in [-0.2, -0.15) is 0 Å². The third-order valence-corrected chi connectivity index (χ3v) is 4.31. The Balaban J connectivity index is 2.30. The van der Waals surface area contributed by atoms with Crippen molar-refractivity contribution in [2.24, 2.45) is 4.99 Å². The lowest BCUT2D eigenvalue weighted by molar-refractivity contribution is -0.118. The van der Waals surface area contributed by atoms with Crippen LogP contribution in [0.2, 0.25) is 0 Å². The average molecular weight is 295 g/mol. The fourth-order valence-corrected chi connectivity index (χ4v) is 2.97. The van der Waals surface area contributed by atoms with Crippen LogP contribution in [0.5, 0.6) is 0 Å². The molecule has 1 atom stereocenters. The van der Waals surface area contributed by atoms with Gasteiger partial charge in [-0.25, -0.2) is 18.2 Å². The Morgan fingerprint density at radius 1 is 1.30 bits per heavy atom. The maximum atomic E-state index is 12.2. The summed E-state index contributed by atoms with van der Waals surface area (Å²) in [7, 11) is -4.01. The summed E-state index contributed by atoms with van der Waals surface area (Å²) in [5.41, 5.74) is 1.22. The molecule has 0 saturated heterocycles. The second-order valence-corrected chi connectivity index (χ2v) is 5.95. The van der Waals surface area contributed by atoms with Crippen molar-refractivity contribution in [2.45, 2.75) is 18.6 Å². The molecule has 7 nitrogen and oxygen atoms in total. The lowest BCUT2D eigenvalue weighted by atomic mass is 10.1. The maximum Gasteiger partial charge on any atom is 0.347 e. The van der Waals surface area contributed by atoms with E-state index in [0.29, 0.717) is 12.1 Å². The van der Waals surface area contributed by atoms with Crippen LogP contribution in [0.1, 0.15) is 12.5 Å². The zero-order valence-corrected chi connectivity index (χ0v) is 11.5. The minimum atomic E-state index is -4.01. The first-order valence-electron chi connectivity index (χ1n) is 5.92. The Bertz CT molecular complexity index is 682. The van der Waals surface area contributed by atoms with E-state index < -0.39 is 27.2 Å². The first kappa shape index (κ1) is 14.2. The summed E-state index contributed by atoms with van der Waals surface area (Å²) in [5.74, 6) is -0.911. The van der Waals surface area contributed by atoms with Gasteiger partial charge >= 0.3 is 6.03 Å². The molecule has 0 fully saturated rings. The fourth-order valence-electron chi connectivity index (χ4n) is 1.78. The number of hydrogen-bond donors (Lipinski definition) is 2. The summed E-state index contributed by atoms with van der Waals surface area (Å²) in [6.45, 7) is 1.89. The van der Waals surface area contributed by atoms with Crippen LogP contribution >= 0.6 is 0 Å². The third kappa shape index (κ3) is 2.85. The molecule has 1 aliphatic rings. The fraction of sp³-hybridized carbons (Fsp3) is 0.250. The first-order valence-corrected chi connectivity index (χ1v) is 7.47. The summed E-state index contributed by atoms with van der Waals surface area (Å²) >= 11 is 0. The monoisotopic (exact) mass is 295 g/mol. The van der Waals surface area contributed by atoms with Crippen molar-refractivity contribution in [1.82, 2.24) is 5.32 Å². The number of hydrogen-bond acceptors (Lipinski definition) is 4. The van der Waals surface area contributed by atoms with Crippen molar-refractivity contribution >= 4 is 33.9 Å². The summed E-state index contributed by atoms with van der Waals surface area (Å²) in [5, 5.41) is 0.332. The van der Waals surface area contributed by atoms with E-state index in [1.165, 1.54) is 0 Å². The number of anilines is 1. The second-order valence-electron chi connectivity index (χ2n) is 4.15. The van der Waals surface area contributed by atoms with E-state index in [1.807, 2.05) is 12.2 Å². The van der Waals surface area contributed by atoms with Crippen LogP contribution in [0.4, 0.5) is 10.5 Å². The molecule has 0 aromatic heterocycles. The van der Waals surface area contributed by atoms with E-state index in [0.717, 1.165) is 11.8 Å². The predicted molar refractivity (Wildman–Crippen MR) is 74.2 cm³/mol. The molecule has 8 heteroatoms. The van der Waals surface area contributed by atoms with E-state index in [2.05, 4.69) is 9.71 Å². The van der Waals surface area contributed by atoms with Crippen molar-refractivity contribution in [3.05, 3.63) is 29.8 Å². The van der Waals surface area contributed by atoms with Crippen molar-refractivity contribution < 1.29 is 18.0 Å². The van der Waals surface area contributed by atoms with Gasteiger partial charge < -0.3 is 0 Å². The van der Waals surface area contributed by atoms with Crippen LogP contribution in [-0.4, -0.2) is 31.8 Å². The van der Waals surface area contributed by atoms with Crippen molar-refractivity contribution in [3.8, 4) is 0 Å². The highest BCUT2D eigenvalue weighted by Gasteiger charge is 2.35. The predicted octanol–water partition coefficient (Wildman–Crippen LogP) is 0.680. The van der Waals surface area contributed by atoms with E-state index >= 15 is 0 Å². The average Bonchev–Trinajstić information content (AvgIpc) is 2.38. The number of urea groups is 1. The molecule has 106 valence electrons. The summed E-state index contributed by atoms with van der Waals surface area (Å²) in [6, 6.07) is 6.02. The van der Waals surface area contributed by atoms with Crippen molar-refractivity contribution in [3.63, 3.8) is 0 Å². The second kappa shape index (κ2) is 5.41. The van der Waals surface area contributed by atoms with Gasteiger partial charge in [0.1, 0.15) is 0 Å². The van der Waals surface area contributed by atoms with E-state index in [9.17, 15) is 18.0 Å². The largest absolute Gasteiger partial charge is 0.347 e. The van der Waals surface area contributed by atoms with Gasteiger partial charge in [0, 0.05) is 6.21 Å². The van der Waals surface area contributed by atoms with Gasteiger partial charge in [-0.05, 0) is 18.1 Å². The molecule has 0 radical (unpaired) electrons. The van der Waals surface area contributed by atoms with E-state index in [1.54, 1.807) is 24.3 Å². The molecule has 0 bridgehead atoms. The van der Waals surface area contributed by atoms with Gasteiger partial charge in [0.05, 0.1) is 5.69 Å². The minimum Gasteiger partial charge on any atom is -0.282 e.